The second-order valence-corrected chi connectivity index (χ2v) is 6.77. The normalized spacial score (nSPS) is 13.1. The lowest BCUT2D eigenvalue weighted by Gasteiger charge is -2.09. The average Bonchev–Trinajstić information content (AvgIpc) is 2.72. The molecule has 2 aromatic rings. The summed E-state index contributed by atoms with van der Waals surface area (Å²) in [5, 5.41) is 14.4. The van der Waals surface area contributed by atoms with Crippen molar-refractivity contribution in [2.45, 2.75) is 13.0 Å². The van der Waals surface area contributed by atoms with Crippen molar-refractivity contribution in [3.05, 3.63) is 36.7 Å². The standard InChI is InChI=1S/C10H10Br2N2OS/c1-5-3-7(16-10(5)12)9(15)8-6(11)4-13-14(8)2/h3-4,9,15H,1-2H3. The molecule has 1 unspecified atom stereocenters. The van der Waals surface area contributed by atoms with E-state index in [1.54, 1.807) is 22.2 Å². The Morgan fingerprint density at radius 2 is 2.19 bits per heavy atom. The molecule has 16 heavy (non-hydrogen) atoms. The second-order valence-electron chi connectivity index (χ2n) is 3.51. The van der Waals surface area contributed by atoms with Crippen molar-refractivity contribution >= 4 is 43.2 Å². The minimum atomic E-state index is -0.642. The zero-order valence-electron chi connectivity index (χ0n) is 8.74. The predicted molar refractivity (Wildman–Crippen MR) is 71.7 cm³/mol. The minimum absolute atomic E-state index is 0.642. The van der Waals surface area contributed by atoms with Crippen molar-refractivity contribution in [2.75, 3.05) is 0 Å². The van der Waals surface area contributed by atoms with Crippen LogP contribution in [0.2, 0.25) is 0 Å². The summed E-state index contributed by atoms with van der Waals surface area (Å²) in [6, 6.07) is 1.98. The number of halogens is 2. The van der Waals surface area contributed by atoms with Crippen LogP contribution in [-0.4, -0.2) is 14.9 Å². The van der Waals surface area contributed by atoms with E-state index in [9.17, 15) is 5.11 Å². The molecule has 0 bridgehead atoms. The molecule has 3 nitrogen and oxygen atoms in total. The van der Waals surface area contributed by atoms with E-state index >= 15 is 0 Å². The maximum absolute atomic E-state index is 10.3. The zero-order chi connectivity index (χ0) is 11.9. The Hall–Kier alpha value is -0.170. The Morgan fingerprint density at radius 1 is 1.50 bits per heavy atom. The summed E-state index contributed by atoms with van der Waals surface area (Å²) < 4.78 is 3.56. The predicted octanol–water partition coefficient (Wildman–Crippen LogP) is 3.40. The zero-order valence-corrected chi connectivity index (χ0v) is 12.7. The largest absolute Gasteiger partial charge is 0.381 e. The van der Waals surface area contributed by atoms with Crippen LogP contribution in [0, 0.1) is 6.92 Å². The average molecular weight is 366 g/mol. The van der Waals surface area contributed by atoms with E-state index in [0.717, 1.165) is 24.4 Å². The second kappa shape index (κ2) is 4.60. The van der Waals surface area contributed by atoms with Crippen LogP contribution in [0.4, 0.5) is 0 Å². The Bertz CT molecular complexity index is 482. The van der Waals surface area contributed by atoms with Gasteiger partial charge in [-0.15, -0.1) is 11.3 Å². The fourth-order valence-corrected chi connectivity index (χ4v) is 3.61. The summed E-state index contributed by atoms with van der Waals surface area (Å²) >= 11 is 8.39. The van der Waals surface area contributed by atoms with E-state index in [1.165, 1.54) is 0 Å². The van der Waals surface area contributed by atoms with Crippen LogP contribution >= 0.6 is 43.2 Å². The number of hydrogen-bond donors (Lipinski definition) is 1. The molecule has 0 saturated carbocycles. The van der Waals surface area contributed by atoms with Gasteiger partial charge in [0.25, 0.3) is 0 Å². The molecule has 0 fully saturated rings. The summed E-state index contributed by atoms with van der Waals surface area (Å²) in [6.07, 6.45) is 1.05. The number of thiophene rings is 1. The fourth-order valence-electron chi connectivity index (χ4n) is 1.48. The van der Waals surface area contributed by atoms with Gasteiger partial charge < -0.3 is 5.11 Å². The molecule has 0 radical (unpaired) electrons. The summed E-state index contributed by atoms with van der Waals surface area (Å²) in [5.41, 5.74) is 1.91. The molecule has 0 aliphatic heterocycles. The molecule has 2 rings (SSSR count). The van der Waals surface area contributed by atoms with E-state index in [4.69, 9.17) is 0 Å². The first-order chi connectivity index (χ1) is 7.50. The maximum atomic E-state index is 10.3. The Kier molecular flexibility index (Phi) is 3.53. The van der Waals surface area contributed by atoms with Crippen molar-refractivity contribution in [3.8, 4) is 0 Å². The van der Waals surface area contributed by atoms with Crippen LogP contribution in [0.25, 0.3) is 0 Å². The molecule has 0 aliphatic rings. The first-order valence-corrected chi connectivity index (χ1v) is 7.02. The molecule has 6 heteroatoms. The van der Waals surface area contributed by atoms with Crippen molar-refractivity contribution in [3.63, 3.8) is 0 Å². The van der Waals surface area contributed by atoms with Gasteiger partial charge in [0, 0.05) is 11.9 Å². The third-order valence-electron chi connectivity index (χ3n) is 2.34. The third-order valence-corrected chi connectivity index (χ3v) is 5.14. The monoisotopic (exact) mass is 364 g/mol. The van der Waals surface area contributed by atoms with Gasteiger partial charge in [-0.2, -0.15) is 5.10 Å². The van der Waals surface area contributed by atoms with Gasteiger partial charge in [-0.25, -0.2) is 0 Å². The number of aryl methyl sites for hydroxylation is 2. The summed E-state index contributed by atoms with van der Waals surface area (Å²) in [4.78, 5) is 0.911. The number of aromatic nitrogens is 2. The topological polar surface area (TPSA) is 38.1 Å². The summed E-state index contributed by atoms with van der Waals surface area (Å²) in [7, 11) is 1.82. The molecule has 1 N–H and O–H groups in total. The molecule has 0 spiro atoms. The van der Waals surface area contributed by atoms with Crippen LogP contribution in [-0.2, 0) is 7.05 Å². The van der Waals surface area contributed by atoms with Gasteiger partial charge in [0.2, 0.25) is 0 Å². The number of rotatable bonds is 2. The smallest absolute Gasteiger partial charge is 0.131 e. The maximum Gasteiger partial charge on any atom is 0.131 e. The quantitative estimate of drug-likeness (QED) is 0.885. The lowest BCUT2D eigenvalue weighted by atomic mass is 10.2. The van der Waals surface area contributed by atoms with E-state index in [-0.39, 0.29) is 0 Å². The van der Waals surface area contributed by atoms with Crippen molar-refractivity contribution in [1.82, 2.24) is 9.78 Å². The minimum Gasteiger partial charge on any atom is -0.381 e. The van der Waals surface area contributed by atoms with E-state index in [1.807, 2.05) is 20.0 Å². The molecular weight excluding hydrogens is 356 g/mol. The highest BCUT2D eigenvalue weighted by Gasteiger charge is 2.20. The molecule has 2 heterocycles. The van der Waals surface area contributed by atoms with Crippen molar-refractivity contribution in [2.24, 2.45) is 7.05 Å². The number of aliphatic hydroxyl groups excluding tert-OH is 1. The highest BCUT2D eigenvalue weighted by atomic mass is 79.9. The molecule has 0 aliphatic carbocycles. The van der Waals surface area contributed by atoms with Gasteiger partial charge in [-0.1, -0.05) is 0 Å². The van der Waals surface area contributed by atoms with E-state index in [2.05, 4.69) is 37.0 Å². The van der Waals surface area contributed by atoms with Crippen LogP contribution in [0.3, 0.4) is 0 Å². The van der Waals surface area contributed by atoms with Gasteiger partial charge in [-0.3, -0.25) is 4.68 Å². The lowest BCUT2D eigenvalue weighted by molar-refractivity contribution is 0.212. The third kappa shape index (κ3) is 2.11. The molecule has 1 atom stereocenters. The van der Waals surface area contributed by atoms with Crippen molar-refractivity contribution in [1.29, 1.82) is 0 Å². The van der Waals surface area contributed by atoms with Crippen LogP contribution in [0.5, 0.6) is 0 Å². The van der Waals surface area contributed by atoms with E-state index in [0.29, 0.717) is 0 Å². The number of nitrogens with zero attached hydrogens (tertiary/aromatic N) is 2. The van der Waals surface area contributed by atoms with Crippen molar-refractivity contribution < 1.29 is 5.11 Å². The molecular formula is C10H10Br2N2OS. The van der Waals surface area contributed by atoms with Crippen LogP contribution in [0.1, 0.15) is 22.2 Å². The van der Waals surface area contributed by atoms with Crippen LogP contribution < -0.4 is 0 Å². The summed E-state index contributed by atoms with van der Waals surface area (Å²) in [6.45, 7) is 2.01. The SMILES string of the molecule is Cc1cc(C(O)c2c(Br)cnn2C)sc1Br. The fraction of sp³-hybridized carbons (Fsp3) is 0.300. The van der Waals surface area contributed by atoms with Gasteiger partial charge in [-0.05, 0) is 50.4 Å². The van der Waals surface area contributed by atoms with Gasteiger partial charge in [0.05, 0.1) is 20.1 Å². The number of hydrogen-bond acceptors (Lipinski definition) is 3. The first kappa shape index (κ1) is 12.3. The highest BCUT2D eigenvalue weighted by Crippen LogP contribution is 2.36. The summed E-state index contributed by atoms with van der Waals surface area (Å²) in [5.74, 6) is 0. The van der Waals surface area contributed by atoms with Crippen LogP contribution in [0.15, 0.2) is 20.5 Å². The molecule has 86 valence electrons. The Morgan fingerprint density at radius 3 is 2.62 bits per heavy atom. The van der Waals surface area contributed by atoms with Gasteiger partial charge in [0.15, 0.2) is 0 Å². The number of aliphatic hydroxyl groups is 1. The molecule has 0 amide bonds. The highest BCUT2D eigenvalue weighted by molar-refractivity contribution is 9.11. The molecule has 2 aromatic heterocycles. The molecule has 0 aromatic carbocycles. The Labute approximate surface area is 114 Å². The lowest BCUT2D eigenvalue weighted by Crippen LogP contribution is -2.05. The first-order valence-electron chi connectivity index (χ1n) is 4.62. The molecule has 0 saturated heterocycles. The van der Waals surface area contributed by atoms with E-state index < -0.39 is 6.10 Å². The Balaban J connectivity index is 2.42. The van der Waals surface area contributed by atoms with Gasteiger partial charge >= 0.3 is 0 Å². The van der Waals surface area contributed by atoms with Gasteiger partial charge in [0.1, 0.15) is 6.10 Å².